The largest absolute Gasteiger partial charge is 0.326 e. The normalized spacial score (nSPS) is 10.4. The van der Waals surface area contributed by atoms with Crippen LogP contribution in [-0.4, -0.2) is 5.91 Å². The zero-order valence-corrected chi connectivity index (χ0v) is 10.9. The van der Waals surface area contributed by atoms with Crippen molar-refractivity contribution in [1.29, 1.82) is 0 Å². The fraction of sp³-hybridized carbons (Fsp3) is 0.0833. The second kappa shape index (κ2) is 4.44. The Balaban J connectivity index is 2.75. The second-order valence-corrected chi connectivity index (χ2v) is 4.70. The minimum atomic E-state index is -0.0978. The molecule has 0 fully saturated rings. The van der Waals surface area contributed by atoms with Gasteiger partial charge in [0.05, 0.1) is 0 Å². The molecule has 0 bridgehead atoms. The SMILES string of the molecule is CC(=O)Nc1cccc2c(Cl)ccc(Br)c12. The molecule has 0 aliphatic carbocycles. The van der Waals surface area contributed by atoms with Crippen LogP contribution in [0.1, 0.15) is 6.92 Å². The number of rotatable bonds is 1. The smallest absolute Gasteiger partial charge is 0.221 e. The molecule has 2 aromatic rings. The van der Waals surface area contributed by atoms with E-state index < -0.39 is 0 Å². The van der Waals surface area contributed by atoms with Crippen LogP contribution in [0.3, 0.4) is 0 Å². The Morgan fingerprint density at radius 2 is 2.06 bits per heavy atom. The van der Waals surface area contributed by atoms with Gasteiger partial charge in [0.1, 0.15) is 0 Å². The third kappa shape index (κ3) is 2.06. The number of carbonyl (C=O) groups excluding carboxylic acids is 1. The molecule has 0 aromatic heterocycles. The molecule has 0 radical (unpaired) electrons. The topological polar surface area (TPSA) is 29.1 Å². The van der Waals surface area contributed by atoms with Crippen LogP contribution < -0.4 is 5.32 Å². The van der Waals surface area contributed by atoms with E-state index in [2.05, 4.69) is 21.2 Å². The Hall–Kier alpha value is -1.06. The van der Waals surface area contributed by atoms with Crippen molar-refractivity contribution in [3.05, 3.63) is 39.8 Å². The van der Waals surface area contributed by atoms with E-state index in [1.165, 1.54) is 6.92 Å². The molecule has 0 unspecified atom stereocenters. The van der Waals surface area contributed by atoms with Crippen LogP contribution in [0.5, 0.6) is 0 Å². The van der Waals surface area contributed by atoms with Crippen molar-refractivity contribution in [1.82, 2.24) is 0 Å². The van der Waals surface area contributed by atoms with E-state index in [0.717, 1.165) is 20.9 Å². The zero-order chi connectivity index (χ0) is 11.7. The van der Waals surface area contributed by atoms with Crippen LogP contribution in [0.25, 0.3) is 10.8 Å². The predicted molar refractivity (Wildman–Crippen MR) is 71.0 cm³/mol. The van der Waals surface area contributed by atoms with Gasteiger partial charge in [0.25, 0.3) is 0 Å². The summed E-state index contributed by atoms with van der Waals surface area (Å²) in [6, 6.07) is 9.34. The predicted octanol–water partition coefficient (Wildman–Crippen LogP) is 4.21. The lowest BCUT2D eigenvalue weighted by Crippen LogP contribution is -2.06. The molecule has 16 heavy (non-hydrogen) atoms. The van der Waals surface area contributed by atoms with Gasteiger partial charge in [-0.15, -0.1) is 0 Å². The minimum Gasteiger partial charge on any atom is -0.326 e. The van der Waals surface area contributed by atoms with Crippen molar-refractivity contribution in [3.63, 3.8) is 0 Å². The van der Waals surface area contributed by atoms with Gasteiger partial charge in [0.2, 0.25) is 5.91 Å². The molecular weight excluding hydrogens is 289 g/mol. The Kier molecular flexibility index (Phi) is 3.17. The van der Waals surface area contributed by atoms with Gasteiger partial charge in [0, 0.05) is 32.9 Å². The van der Waals surface area contributed by atoms with E-state index in [4.69, 9.17) is 11.6 Å². The van der Waals surface area contributed by atoms with Crippen molar-refractivity contribution in [2.75, 3.05) is 5.32 Å². The summed E-state index contributed by atoms with van der Waals surface area (Å²) in [6.45, 7) is 1.48. The first-order valence-electron chi connectivity index (χ1n) is 4.74. The summed E-state index contributed by atoms with van der Waals surface area (Å²) in [4.78, 5) is 11.1. The van der Waals surface area contributed by atoms with Gasteiger partial charge in [-0.2, -0.15) is 0 Å². The zero-order valence-electron chi connectivity index (χ0n) is 8.55. The first kappa shape index (κ1) is 11.4. The highest BCUT2D eigenvalue weighted by Crippen LogP contribution is 2.34. The third-order valence-corrected chi connectivity index (χ3v) is 3.24. The highest BCUT2D eigenvalue weighted by molar-refractivity contribution is 9.10. The Morgan fingerprint density at radius 1 is 1.31 bits per heavy atom. The summed E-state index contributed by atoms with van der Waals surface area (Å²) in [6.07, 6.45) is 0. The number of halogens is 2. The van der Waals surface area contributed by atoms with Crippen LogP contribution >= 0.6 is 27.5 Å². The van der Waals surface area contributed by atoms with Gasteiger partial charge in [-0.05, 0) is 18.2 Å². The molecule has 2 rings (SSSR count). The van der Waals surface area contributed by atoms with Gasteiger partial charge in [-0.1, -0.05) is 39.7 Å². The molecule has 0 saturated heterocycles. The van der Waals surface area contributed by atoms with Crippen LogP contribution in [0, 0.1) is 0 Å². The molecule has 0 atom stereocenters. The summed E-state index contributed by atoms with van der Waals surface area (Å²) in [5, 5.41) is 5.30. The van der Waals surface area contributed by atoms with Crippen molar-refractivity contribution in [2.24, 2.45) is 0 Å². The number of hydrogen-bond donors (Lipinski definition) is 1. The second-order valence-electron chi connectivity index (χ2n) is 3.44. The van der Waals surface area contributed by atoms with E-state index >= 15 is 0 Å². The standard InChI is InChI=1S/C12H9BrClNO/c1-7(16)15-11-4-2-3-8-10(14)6-5-9(13)12(8)11/h2-6H,1H3,(H,15,16). The molecule has 0 aliphatic heterocycles. The number of fused-ring (bicyclic) bond motifs is 1. The Bertz CT molecular complexity index is 568. The molecule has 0 spiro atoms. The maximum Gasteiger partial charge on any atom is 0.221 e. The van der Waals surface area contributed by atoms with E-state index in [1.54, 1.807) is 0 Å². The fourth-order valence-electron chi connectivity index (χ4n) is 1.62. The molecule has 0 aliphatic rings. The van der Waals surface area contributed by atoms with Gasteiger partial charge in [-0.25, -0.2) is 0 Å². The van der Waals surface area contributed by atoms with E-state index in [1.807, 2.05) is 30.3 Å². The van der Waals surface area contributed by atoms with Crippen molar-refractivity contribution in [2.45, 2.75) is 6.92 Å². The van der Waals surface area contributed by atoms with Gasteiger partial charge in [0.15, 0.2) is 0 Å². The molecule has 1 N–H and O–H groups in total. The van der Waals surface area contributed by atoms with E-state index in [0.29, 0.717) is 5.02 Å². The lowest BCUT2D eigenvalue weighted by molar-refractivity contribution is -0.114. The highest BCUT2D eigenvalue weighted by atomic mass is 79.9. The molecule has 82 valence electrons. The number of benzene rings is 2. The summed E-state index contributed by atoms with van der Waals surface area (Å²) in [5.41, 5.74) is 0.763. The number of carbonyl (C=O) groups is 1. The first-order valence-corrected chi connectivity index (χ1v) is 5.91. The number of amides is 1. The maximum atomic E-state index is 11.1. The molecular formula is C12H9BrClNO. The number of anilines is 1. The lowest BCUT2D eigenvalue weighted by Gasteiger charge is -2.09. The Morgan fingerprint density at radius 3 is 2.75 bits per heavy atom. The summed E-state index contributed by atoms with van der Waals surface area (Å²) in [7, 11) is 0. The van der Waals surface area contributed by atoms with Crippen LogP contribution in [0.15, 0.2) is 34.8 Å². The number of nitrogens with one attached hydrogen (secondary N) is 1. The average Bonchev–Trinajstić information content (AvgIpc) is 2.23. The molecule has 2 aromatic carbocycles. The molecule has 4 heteroatoms. The molecule has 0 saturated carbocycles. The van der Waals surface area contributed by atoms with Gasteiger partial charge in [-0.3, -0.25) is 4.79 Å². The quantitative estimate of drug-likeness (QED) is 0.839. The fourth-order valence-corrected chi connectivity index (χ4v) is 2.40. The Labute approximate surface area is 107 Å². The third-order valence-electron chi connectivity index (χ3n) is 2.25. The van der Waals surface area contributed by atoms with E-state index in [9.17, 15) is 4.79 Å². The van der Waals surface area contributed by atoms with Crippen molar-refractivity contribution in [3.8, 4) is 0 Å². The van der Waals surface area contributed by atoms with E-state index in [-0.39, 0.29) is 5.91 Å². The van der Waals surface area contributed by atoms with Gasteiger partial charge >= 0.3 is 0 Å². The van der Waals surface area contributed by atoms with Crippen LogP contribution in [0.2, 0.25) is 5.02 Å². The minimum absolute atomic E-state index is 0.0978. The summed E-state index contributed by atoms with van der Waals surface area (Å²) < 4.78 is 0.913. The monoisotopic (exact) mass is 297 g/mol. The summed E-state index contributed by atoms with van der Waals surface area (Å²) >= 11 is 9.57. The van der Waals surface area contributed by atoms with Crippen LogP contribution in [-0.2, 0) is 4.79 Å². The molecule has 0 heterocycles. The average molecular weight is 299 g/mol. The van der Waals surface area contributed by atoms with Gasteiger partial charge < -0.3 is 5.32 Å². The lowest BCUT2D eigenvalue weighted by atomic mass is 10.1. The van der Waals surface area contributed by atoms with Crippen molar-refractivity contribution >= 4 is 49.9 Å². The first-order chi connectivity index (χ1) is 7.59. The highest BCUT2D eigenvalue weighted by Gasteiger charge is 2.08. The maximum absolute atomic E-state index is 11.1. The molecule has 1 amide bonds. The summed E-state index contributed by atoms with van der Waals surface area (Å²) in [5.74, 6) is -0.0978. The van der Waals surface area contributed by atoms with Crippen molar-refractivity contribution < 1.29 is 4.79 Å². The number of hydrogen-bond acceptors (Lipinski definition) is 1. The molecule has 2 nitrogen and oxygen atoms in total. The van der Waals surface area contributed by atoms with Crippen LogP contribution in [0.4, 0.5) is 5.69 Å².